The maximum absolute atomic E-state index is 13.2. The third kappa shape index (κ3) is 4.34. The van der Waals surface area contributed by atoms with E-state index in [1.54, 1.807) is 12.1 Å². The maximum Gasteiger partial charge on any atom is 0.418 e. The lowest BCUT2D eigenvalue weighted by Crippen LogP contribution is -2.11. The Morgan fingerprint density at radius 3 is 2.29 bits per heavy atom. The van der Waals surface area contributed by atoms with E-state index in [4.69, 9.17) is 0 Å². The van der Waals surface area contributed by atoms with Crippen molar-refractivity contribution in [3.8, 4) is 0 Å². The van der Waals surface area contributed by atoms with Crippen LogP contribution in [0.5, 0.6) is 0 Å². The van der Waals surface area contributed by atoms with Gasteiger partial charge in [0.25, 0.3) is 0 Å². The molecule has 2 N–H and O–H groups in total. The summed E-state index contributed by atoms with van der Waals surface area (Å²) in [5.74, 6) is -0.357. The van der Waals surface area contributed by atoms with Crippen LogP contribution in [0.15, 0.2) is 53.4 Å². The number of rotatable bonds is 5. The number of hydrogen-bond donors (Lipinski definition) is 2. The predicted octanol–water partition coefficient (Wildman–Crippen LogP) is 5.05. The summed E-state index contributed by atoms with van der Waals surface area (Å²) in [6.07, 6.45) is -2.19. The van der Waals surface area contributed by atoms with Crippen LogP contribution in [0.4, 0.5) is 42.0 Å². The number of aromatic nitrogens is 3. The Bertz CT molecular complexity index is 1010. The van der Waals surface area contributed by atoms with Crippen molar-refractivity contribution in [2.45, 2.75) is 6.18 Å². The number of halogens is 4. The first-order valence-corrected chi connectivity index (χ1v) is 8.36. The molecule has 0 fully saturated rings. The second-order valence-electron chi connectivity index (χ2n) is 5.33. The fourth-order valence-electron chi connectivity index (χ4n) is 2.27. The van der Waals surface area contributed by atoms with Gasteiger partial charge >= 0.3 is 11.9 Å². The molecule has 12 heteroatoms. The number of hydrogen-bond acceptors (Lipinski definition) is 7. The first-order chi connectivity index (χ1) is 13.3. The van der Waals surface area contributed by atoms with Gasteiger partial charge in [-0.3, -0.25) is 10.1 Å². The second kappa shape index (κ2) is 7.76. The topological polar surface area (TPSA) is 106 Å². The first kappa shape index (κ1) is 19.5. The van der Waals surface area contributed by atoms with Gasteiger partial charge in [0.05, 0.1) is 16.2 Å². The van der Waals surface area contributed by atoms with Gasteiger partial charge in [0.1, 0.15) is 12.1 Å². The minimum absolute atomic E-state index is 0.221. The SMILES string of the molecule is O=[N+]([O-])c1c(Nc2ccc(Br)cn2)ncnc1Nc1ccccc1C(F)(F)F. The summed E-state index contributed by atoms with van der Waals surface area (Å²) in [6.45, 7) is 0. The molecule has 8 nitrogen and oxygen atoms in total. The van der Waals surface area contributed by atoms with Crippen molar-refractivity contribution in [1.82, 2.24) is 15.0 Å². The number of nitrogens with one attached hydrogen (secondary N) is 2. The molecule has 0 aliphatic carbocycles. The molecule has 144 valence electrons. The average Bonchev–Trinajstić information content (AvgIpc) is 2.63. The van der Waals surface area contributed by atoms with Crippen molar-refractivity contribution in [2.24, 2.45) is 0 Å². The van der Waals surface area contributed by atoms with Gasteiger partial charge in [-0.15, -0.1) is 0 Å². The molecule has 3 rings (SSSR count). The number of pyridine rings is 1. The maximum atomic E-state index is 13.2. The third-order valence-corrected chi connectivity index (χ3v) is 3.93. The summed E-state index contributed by atoms with van der Waals surface area (Å²) in [7, 11) is 0. The van der Waals surface area contributed by atoms with Gasteiger partial charge in [0.2, 0.25) is 11.6 Å². The normalized spacial score (nSPS) is 11.1. The molecule has 0 unspecified atom stereocenters. The van der Waals surface area contributed by atoms with Crippen molar-refractivity contribution in [2.75, 3.05) is 10.6 Å². The molecule has 2 aromatic heterocycles. The summed E-state index contributed by atoms with van der Waals surface area (Å²) < 4.78 is 40.2. The average molecular weight is 455 g/mol. The highest BCUT2D eigenvalue weighted by atomic mass is 79.9. The molecule has 3 aromatic rings. The van der Waals surface area contributed by atoms with Crippen molar-refractivity contribution in [3.05, 3.63) is 69.1 Å². The minimum atomic E-state index is -4.65. The number of nitro groups is 1. The highest BCUT2D eigenvalue weighted by Crippen LogP contribution is 2.38. The van der Waals surface area contributed by atoms with Gasteiger partial charge < -0.3 is 10.6 Å². The molecule has 0 aliphatic heterocycles. The summed E-state index contributed by atoms with van der Waals surface area (Å²) >= 11 is 3.21. The van der Waals surface area contributed by atoms with Gasteiger partial charge in [-0.2, -0.15) is 13.2 Å². The van der Waals surface area contributed by atoms with Gasteiger partial charge in [-0.25, -0.2) is 15.0 Å². The smallest absolute Gasteiger partial charge is 0.334 e. The van der Waals surface area contributed by atoms with E-state index in [0.717, 1.165) is 18.5 Å². The Kier molecular flexibility index (Phi) is 5.40. The predicted molar refractivity (Wildman–Crippen MR) is 98.6 cm³/mol. The molecule has 1 aromatic carbocycles. The number of alkyl halides is 3. The van der Waals surface area contributed by atoms with Gasteiger partial charge in [0, 0.05) is 10.7 Å². The van der Waals surface area contributed by atoms with Crippen molar-refractivity contribution in [3.63, 3.8) is 0 Å². The van der Waals surface area contributed by atoms with Crippen molar-refractivity contribution < 1.29 is 18.1 Å². The fourth-order valence-corrected chi connectivity index (χ4v) is 2.51. The lowest BCUT2D eigenvalue weighted by atomic mass is 10.1. The molecule has 0 aliphatic rings. The zero-order valence-corrected chi connectivity index (χ0v) is 15.3. The Labute approximate surface area is 164 Å². The number of benzene rings is 1. The summed E-state index contributed by atoms with van der Waals surface area (Å²) in [5.41, 5.74) is -1.97. The van der Waals surface area contributed by atoms with E-state index in [1.165, 1.54) is 18.3 Å². The molecule has 0 saturated carbocycles. The number of nitrogens with zero attached hydrogens (tertiary/aromatic N) is 4. The van der Waals surface area contributed by atoms with Crippen LogP contribution in [-0.4, -0.2) is 19.9 Å². The zero-order valence-electron chi connectivity index (χ0n) is 13.7. The molecule has 0 radical (unpaired) electrons. The van der Waals surface area contributed by atoms with Gasteiger partial charge in [-0.1, -0.05) is 12.1 Å². The van der Waals surface area contributed by atoms with E-state index in [-0.39, 0.29) is 17.3 Å². The molecular weight excluding hydrogens is 445 g/mol. The van der Waals surface area contributed by atoms with E-state index in [1.807, 2.05) is 0 Å². The third-order valence-electron chi connectivity index (χ3n) is 3.46. The Morgan fingerprint density at radius 1 is 1.00 bits per heavy atom. The summed E-state index contributed by atoms with van der Waals surface area (Å²) in [6, 6.07) is 7.80. The van der Waals surface area contributed by atoms with Crippen molar-refractivity contribution >= 4 is 44.8 Å². The van der Waals surface area contributed by atoms with Gasteiger partial charge in [0.15, 0.2) is 0 Å². The summed E-state index contributed by atoms with van der Waals surface area (Å²) in [4.78, 5) is 22.3. The van der Waals surface area contributed by atoms with E-state index in [0.29, 0.717) is 4.47 Å². The molecule has 0 amide bonds. The quantitative estimate of drug-likeness (QED) is 0.410. The van der Waals surface area contributed by atoms with Crippen molar-refractivity contribution in [1.29, 1.82) is 0 Å². The second-order valence-corrected chi connectivity index (χ2v) is 6.25. The van der Waals surface area contributed by atoms with Crippen LogP contribution >= 0.6 is 15.9 Å². The minimum Gasteiger partial charge on any atom is -0.334 e. The Morgan fingerprint density at radius 2 is 1.68 bits per heavy atom. The Balaban J connectivity index is 2.01. The number of para-hydroxylation sites is 1. The van der Waals surface area contributed by atoms with Crippen LogP contribution in [0.2, 0.25) is 0 Å². The highest BCUT2D eigenvalue weighted by Gasteiger charge is 2.34. The van der Waals surface area contributed by atoms with Crippen LogP contribution in [0.3, 0.4) is 0 Å². The zero-order chi connectivity index (χ0) is 20.3. The van der Waals surface area contributed by atoms with Crippen LogP contribution in [0.1, 0.15) is 5.56 Å². The highest BCUT2D eigenvalue weighted by molar-refractivity contribution is 9.10. The fraction of sp³-hybridized carbons (Fsp3) is 0.0625. The monoisotopic (exact) mass is 454 g/mol. The van der Waals surface area contributed by atoms with Crippen LogP contribution in [-0.2, 0) is 6.18 Å². The van der Waals surface area contributed by atoms with E-state index >= 15 is 0 Å². The lowest BCUT2D eigenvalue weighted by Gasteiger charge is -2.14. The van der Waals surface area contributed by atoms with E-state index in [2.05, 4.69) is 41.5 Å². The lowest BCUT2D eigenvalue weighted by molar-refractivity contribution is -0.383. The molecule has 2 heterocycles. The van der Waals surface area contributed by atoms with Crippen LogP contribution < -0.4 is 10.6 Å². The molecule has 0 atom stereocenters. The molecular formula is C16H10BrF3N6O2. The molecule has 0 spiro atoms. The largest absolute Gasteiger partial charge is 0.418 e. The first-order valence-electron chi connectivity index (χ1n) is 7.57. The van der Waals surface area contributed by atoms with Crippen LogP contribution in [0, 0.1) is 10.1 Å². The molecule has 28 heavy (non-hydrogen) atoms. The van der Waals surface area contributed by atoms with Crippen LogP contribution in [0.25, 0.3) is 0 Å². The summed E-state index contributed by atoms with van der Waals surface area (Å²) in [5, 5.41) is 16.6. The molecule has 0 bridgehead atoms. The Hall–Kier alpha value is -3.28. The number of anilines is 4. The standard InChI is InChI=1S/C16H10BrF3N6O2/c17-9-5-6-12(21-7-9)25-15-13(26(27)28)14(22-8-23-15)24-11-4-2-1-3-10(11)16(18,19)20/h1-8H,(H2,21,22,23,24,25). The molecule has 0 saturated heterocycles. The van der Waals surface area contributed by atoms with Gasteiger partial charge in [-0.05, 0) is 40.2 Å². The van der Waals surface area contributed by atoms with E-state index < -0.39 is 28.2 Å². The van der Waals surface area contributed by atoms with E-state index in [9.17, 15) is 23.3 Å².